The number of ether oxygens (including phenoxy) is 1. The van der Waals surface area contributed by atoms with Crippen LogP contribution in [0.3, 0.4) is 0 Å². The fourth-order valence-electron chi connectivity index (χ4n) is 2.64. The highest BCUT2D eigenvalue weighted by Crippen LogP contribution is 2.27. The van der Waals surface area contributed by atoms with Gasteiger partial charge in [0.1, 0.15) is 0 Å². The maximum atomic E-state index is 12.4. The van der Waals surface area contributed by atoms with Gasteiger partial charge in [-0.3, -0.25) is 14.4 Å². The Bertz CT molecular complexity index is 1070. The average molecular weight is 409 g/mol. The maximum absolute atomic E-state index is 12.4. The molecule has 1 heterocycles. The van der Waals surface area contributed by atoms with Gasteiger partial charge < -0.3 is 15.0 Å². The molecule has 8 heteroatoms. The van der Waals surface area contributed by atoms with Crippen LogP contribution in [0.1, 0.15) is 5.69 Å². The molecule has 2 N–H and O–H groups in total. The Hall–Kier alpha value is -3.39. The number of benzene rings is 2. The van der Waals surface area contributed by atoms with E-state index >= 15 is 0 Å². The highest BCUT2D eigenvalue weighted by molar-refractivity contribution is 7.99. The molecule has 1 amide bonds. The zero-order chi connectivity index (χ0) is 20.6. The second-order valence-electron chi connectivity index (χ2n) is 6.04. The average Bonchev–Trinajstić information content (AvgIpc) is 2.73. The highest BCUT2D eigenvalue weighted by atomic mass is 32.2. The van der Waals surface area contributed by atoms with Crippen molar-refractivity contribution in [2.75, 3.05) is 18.2 Å². The number of anilines is 1. The largest absolute Gasteiger partial charge is 0.469 e. The number of aromatic nitrogens is 2. The number of aromatic amines is 1. The predicted octanol–water partition coefficient (Wildman–Crippen LogP) is 2.88. The van der Waals surface area contributed by atoms with E-state index in [2.05, 4.69) is 20.0 Å². The molecule has 0 saturated carbocycles. The third-order valence-corrected chi connectivity index (χ3v) is 4.83. The first kappa shape index (κ1) is 20.3. The van der Waals surface area contributed by atoms with E-state index in [9.17, 15) is 14.4 Å². The van der Waals surface area contributed by atoms with Crippen LogP contribution < -0.4 is 10.9 Å². The van der Waals surface area contributed by atoms with Crippen molar-refractivity contribution in [3.8, 4) is 11.1 Å². The molecule has 3 aromatic rings. The van der Waals surface area contributed by atoms with Crippen molar-refractivity contribution in [1.29, 1.82) is 0 Å². The smallest absolute Gasteiger partial charge is 0.311 e. The van der Waals surface area contributed by atoms with Crippen molar-refractivity contribution in [3.05, 3.63) is 76.7 Å². The highest BCUT2D eigenvalue weighted by Gasteiger charge is 2.11. The molecular formula is C21H19N3O4S. The van der Waals surface area contributed by atoms with Gasteiger partial charge in [0.15, 0.2) is 5.16 Å². The summed E-state index contributed by atoms with van der Waals surface area (Å²) >= 11 is 1.08. The summed E-state index contributed by atoms with van der Waals surface area (Å²) in [5.41, 5.74) is 2.51. The maximum Gasteiger partial charge on any atom is 0.311 e. The Kier molecular flexibility index (Phi) is 6.80. The first-order valence-electron chi connectivity index (χ1n) is 8.79. The Morgan fingerprint density at radius 2 is 1.83 bits per heavy atom. The van der Waals surface area contributed by atoms with E-state index in [4.69, 9.17) is 0 Å². The number of para-hydroxylation sites is 1. The monoisotopic (exact) mass is 409 g/mol. The third kappa shape index (κ3) is 5.79. The van der Waals surface area contributed by atoms with E-state index in [-0.39, 0.29) is 28.9 Å². The normalized spacial score (nSPS) is 10.4. The molecule has 29 heavy (non-hydrogen) atoms. The number of carbonyl (C=O) groups is 2. The molecule has 7 nitrogen and oxygen atoms in total. The van der Waals surface area contributed by atoms with Crippen molar-refractivity contribution in [2.24, 2.45) is 0 Å². The summed E-state index contributed by atoms with van der Waals surface area (Å²) in [5, 5.41) is 3.16. The van der Waals surface area contributed by atoms with E-state index < -0.39 is 11.5 Å². The Balaban J connectivity index is 1.67. The summed E-state index contributed by atoms with van der Waals surface area (Å²) in [6.07, 6.45) is -0.107. The summed E-state index contributed by atoms with van der Waals surface area (Å²) in [6.45, 7) is 0. The SMILES string of the molecule is COC(=O)Cc1cc(=O)[nH]c(SCC(=O)Nc2ccccc2-c2ccccc2)n1. The molecule has 2 aromatic carbocycles. The Morgan fingerprint density at radius 1 is 1.10 bits per heavy atom. The minimum Gasteiger partial charge on any atom is -0.469 e. The van der Waals surface area contributed by atoms with E-state index in [1.165, 1.54) is 13.2 Å². The Morgan fingerprint density at radius 3 is 2.59 bits per heavy atom. The summed E-state index contributed by atoms with van der Waals surface area (Å²) in [5.74, 6) is -0.679. The summed E-state index contributed by atoms with van der Waals surface area (Å²) < 4.78 is 4.58. The standard InChI is InChI=1S/C21H19N3O4S/c1-28-20(27)12-15-11-18(25)24-21(22-15)29-13-19(26)23-17-10-6-5-9-16(17)14-7-3-2-4-8-14/h2-11H,12-13H2,1H3,(H,23,26)(H,22,24,25). The lowest BCUT2D eigenvalue weighted by Gasteiger charge is -2.11. The molecule has 0 bridgehead atoms. The number of thioether (sulfide) groups is 1. The van der Waals surface area contributed by atoms with Gasteiger partial charge in [0.05, 0.1) is 25.0 Å². The minimum atomic E-state index is -0.491. The van der Waals surface area contributed by atoms with Gasteiger partial charge in [-0.25, -0.2) is 4.98 Å². The fourth-order valence-corrected chi connectivity index (χ4v) is 3.34. The quantitative estimate of drug-likeness (QED) is 0.354. The number of nitrogens with one attached hydrogen (secondary N) is 2. The summed E-state index contributed by atoms with van der Waals surface area (Å²) in [7, 11) is 1.27. The van der Waals surface area contributed by atoms with Gasteiger partial charge in [0.2, 0.25) is 5.91 Å². The van der Waals surface area contributed by atoms with Crippen molar-refractivity contribution in [1.82, 2.24) is 9.97 Å². The number of amides is 1. The third-order valence-electron chi connectivity index (χ3n) is 3.95. The van der Waals surface area contributed by atoms with Crippen molar-refractivity contribution in [2.45, 2.75) is 11.6 Å². The van der Waals surface area contributed by atoms with Gasteiger partial charge in [-0.05, 0) is 11.6 Å². The van der Waals surface area contributed by atoms with Gasteiger partial charge in [-0.2, -0.15) is 0 Å². The molecule has 0 unspecified atom stereocenters. The summed E-state index contributed by atoms with van der Waals surface area (Å²) in [4.78, 5) is 42.3. The van der Waals surface area contributed by atoms with Gasteiger partial charge in [0.25, 0.3) is 5.56 Å². The van der Waals surface area contributed by atoms with E-state index in [0.717, 1.165) is 22.9 Å². The molecule has 0 aliphatic heterocycles. The minimum absolute atomic E-state index is 0.0493. The van der Waals surface area contributed by atoms with E-state index in [0.29, 0.717) is 5.69 Å². The van der Waals surface area contributed by atoms with Crippen molar-refractivity contribution < 1.29 is 14.3 Å². The molecule has 0 atom stereocenters. The molecule has 0 aliphatic carbocycles. The zero-order valence-electron chi connectivity index (χ0n) is 15.7. The van der Waals surface area contributed by atoms with E-state index in [1.807, 2.05) is 54.6 Å². The fraction of sp³-hybridized carbons (Fsp3) is 0.143. The molecule has 0 radical (unpaired) electrons. The molecule has 1 aromatic heterocycles. The lowest BCUT2D eigenvalue weighted by Crippen LogP contribution is -2.17. The molecule has 0 aliphatic rings. The first-order chi connectivity index (χ1) is 14.0. The van der Waals surface area contributed by atoms with Crippen molar-refractivity contribution in [3.63, 3.8) is 0 Å². The molecule has 0 fully saturated rings. The van der Waals surface area contributed by atoms with Crippen LogP contribution in [0, 0.1) is 0 Å². The summed E-state index contributed by atoms with van der Waals surface area (Å²) in [6, 6.07) is 18.5. The number of esters is 1. The number of rotatable bonds is 7. The van der Waals surface area contributed by atoms with Gasteiger partial charge in [0, 0.05) is 17.3 Å². The zero-order valence-corrected chi connectivity index (χ0v) is 16.5. The predicted molar refractivity (Wildman–Crippen MR) is 112 cm³/mol. The van der Waals surface area contributed by atoms with Crippen LogP contribution in [0.25, 0.3) is 11.1 Å². The van der Waals surface area contributed by atoms with Gasteiger partial charge in [-0.1, -0.05) is 60.3 Å². The topological polar surface area (TPSA) is 101 Å². The van der Waals surface area contributed by atoms with Crippen LogP contribution in [0.15, 0.2) is 70.6 Å². The van der Waals surface area contributed by atoms with E-state index in [1.54, 1.807) is 0 Å². The number of nitrogens with zero attached hydrogens (tertiary/aromatic N) is 1. The number of carbonyl (C=O) groups excluding carboxylic acids is 2. The van der Waals surface area contributed by atoms with Gasteiger partial charge in [-0.15, -0.1) is 0 Å². The number of hydrogen-bond donors (Lipinski definition) is 2. The molecule has 0 saturated heterocycles. The van der Waals surface area contributed by atoms with Crippen LogP contribution in [-0.2, 0) is 20.7 Å². The molecular weight excluding hydrogens is 390 g/mol. The van der Waals surface area contributed by atoms with Crippen LogP contribution in [-0.4, -0.2) is 34.7 Å². The molecule has 0 spiro atoms. The number of methoxy groups -OCH3 is 1. The van der Waals surface area contributed by atoms with Gasteiger partial charge >= 0.3 is 5.97 Å². The second kappa shape index (κ2) is 9.70. The number of hydrogen-bond acceptors (Lipinski definition) is 6. The lowest BCUT2D eigenvalue weighted by molar-refractivity contribution is -0.139. The number of H-pyrrole nitrogens is 1. The van der Waals surface area contributed by atoms with Crippen LogP contribution in [0.4, 0.5) is 5.69 Å². The van der Waals surface area contributed by atoms with Crippen LogP contribution in [0.5, 0.6) is 0 Å². The first-order valence-corrected chi connectivity index (χ1v) is 9.78. The van der Waals surface area contributed by atoms with Crippen LogP contribution >= 0.6 is 11.8 Å². The Labute approximate surface area is 171 Å². The second-order valence-corrected chi connectivity index (χ2v) is 7.01. The van der Waals surface area contributed by atoms with Crippen molar-refractivity contribution >= 4 is 29.3 Å². The molecule has 3 rings (SSSR count). The molecule has 148 valence electrons. The van der Waals surface area contributed by atoms with Crippen LogP contribution in [0.2, 0.25) is 0 Å². The lowest BCUT2D eigenvalue weighted by atomic mass is 10.0.